The van der Waals surface area contributed by atoms with Gasteiger partial charge in [0.2, 0.25) is 5.22 Å². The summed E-state index contributed by atoms with van der Waals surface area (Å²) in [6.07, 6.45) is 5.84. The molecule has 5 heteroatoms. The summed E-state index contributed by atoms with van der Waals surface area (Å²) in [5.41, 5.74) is -0.475. The zero-order valence-electron chi connectivity index (χ0n) is 10.9. The molecule has 1 aliphatic rings. The van der Waals surface area contributed by atoms with E-state index in [1.165, 1.54) is 12.3 Å². The van der Waals surface area contributed by atoms with Gasteiger partial charge in [-0.2, -0.15) is 5.26 Å². The smallest absolute Gasteiger partial charge is 0.257 e. The zero-order valence-corrected chi connectivity index (χ0v) is 11.7. The summed E-state index contributed by atoms with van der Waals surface area (Å²) in [5, 5.41) is 12.3. The molecule has 1 N–H and O–H groups in total. The maximum atomic E-state index is 12.1. The first-order valence-corrected chi connectivity index (χ1v) is 6.95. The molecule has 0 saturated heterocycles. The zero-order chi connectivity index (χ0) is 13.9. The predicted molar refractivity (Wildman–Crippen MR) is 71.8 cm³/mol. The van der Waals surface area contributed by atoms with Gasteiger partial charge in [0.1, 0.15) is 5.54 Å². The molecule has 102 valence electrons. The molecule has 1 heterocycles. The fourth-order valence-corrected chi connectivity index (χ4v) is 2.78. The van der Waals surface area contributed by atoms with Crippen molar-refractivity contribution in [2.75, 3.05) is 0 Å². The highest BCUT2D eigenvalue weighted by atomic mass is 35.5. The molecule has 0 aliphatic heterocycles. The number of halogens is 1. The van der Waals surface area contributed by atoms with Crippen molar-refractivity contribution < 1.29 is 9.21 Å². The van der Waals surface area contributed by atoms with Gasteiger partial charge >= 0.3 is 0 Å². The van der Waals surface area contributed by atoms with E-state index in [0.717, 1.165) is 19.3 Å². The van der Waals surface area contributed by atoms with E-state index in [-0.39, 0.29) is 16.7 Å². The van der Waals surface area contributed by atoms with Crippen molar-refractivity contribution in [1.29, 1.82) is 5.26 Å². The first-order chi connectivity index (χ1) is 9.10. The summed E-state index contributed by atoms with van der Waals surface area (Å²) in [6.45, 7) is 2.16. The largest absolute Gasteiger partial charge is 0.452 e. The second-order valence-electron chi connectivity index (χ2n) is 5.11. The highest BCUT2D eigenvalue weighted by Gasteiger charge is 2.37. The molecule has 1 fully saturated rings. The van der Waals surface area contributed by atoms with Crippen LogP contribution in [0.5, 0.6) is 0 Å². The average Bonchev–Trinajstić information content (AvgIpc) is 2.86. The van der Waals surface area contributed by atoms with E-state index in [1.807, 2.05) is 0 Å². The third-order valence-corrected chi connectivity index (χ3v) is 4.26. The third-order valence-electron chi connectivity index (χ3n) is 3.97. The van der Waals surface area contributed by atoms with Crippen LogP contribution >= 0.6 is 11.6 Å². The Morgan fingerprint density at radius 1 is 1.63 bits per heavy atom. The van der Waals surface area contributed by atoms with Crippen LogP contribution < -0.4 is 5.32 Å². The van der Waals surface area contributed by atoms with Gasteiger partial charge in [0.05, 0.1) is 17.9 Å². The van der Waals surface area contributed by atoms with Crippen LogP contribution in [0.25, 0.3) is 0 Å². The summed E-state index contributed by atoms with van der Waals surface area (Å²) >= 11 is 5.78. The third kappa shape index (κ3) is 2.93. The van der Waals surface area contributed by atoms with Gasteiger partial charge in [0.25, 0.3) is 5.91 Å². The first kappa shape index (κ1) is 14.0. The van der Waals surface area contributed by atoms with Gasteiger partial charge in [-0.1, -0.05) is 13.3 Å². The summed E-state index contributed by atoms with van der Waals surface area (Å²) < 4.78 is 4.90. The topological polar surface area (TPSA) is 66.0 Å². The molecule has 0 atom stereocenters. The lowest BCUT2D eigenvalue weighted by Gasteiger charge is -2.35. The average molecular weight is 281 g/mol. The number of hydrogen-bond acceptors (Lipinski definition) is 3. The maximum absolute atomic E-state index is 12.1. The van der Waals surface area contributed by atoms with Crippen molar-refractivity contribution in [1.82, 2.24) is 5.32 Å². The fraction of sp³-hybridized carbons (Fsp3) is 0.571. The molecule has 0 radical (unpaired) electrons. The van der Waals surface area contributed by atoms with Crippen molar-refractivity contribution in [3.8, 4) is 6.07 Å². The lowest BCUT2D eigenvalue weighted by molar-refractivity contribution is 0.0891. The van der Waals surface area contributed by atoms with Crippen LogP contribution in [0.3, 0.4) is 0 Å². The van der Waals surface area contributed by atoms with Crippen LogP contribution in [0.4, 0.5) is 0 Å². The molecule has 2 rings (SSSR count). The number of nitrogens with one attached hydrogen (secondary N) is 1. The van der Waals surface area contributed by atoms with E-state index in [1.54, 1.807) is 0 Å². The van der Waals surface area contributed by atoms with Crippen LogP contribution in [0.2, 0.25) is 5.22 Å². The van der Waals surface area contributed by atoms with Crippen LogP contribution in [-0.2, 0) is 0 Å². The van der Waals surface area contributed by atoms with E-state index < -0.39 is 5.54 Å². The second kappa shape index (κ2) is 5.66. The normalized spacial score (nSPS) is 26.7. The summed E-state index contributed by atoms with van der Waals surface area (Å²) in [4.78, 5) is 12.1. The van der Waals surface area contributed by atoms with Gasteiger partial charge in [-0.3, -0.25) is 4.79 Å². The lowest BCUT2D eigenvalue weighted by atomic mass is 9.76. The molecular weight excluding hydrogens is 264 g/mol. The molecule has 1 aliphatic carbocycles. The van der Waals surface area contributed by atoms with Crippen LogP contribution in [-0.4, -0.2) is 11.4 Å². The van der Waals surface area contributed by atoms with Gasteiger partial charge in [-0.15, -0.1) is 0 Å². The molecule has 1 aromatic rings. The predicted octanol–water partition coefficient (Wildman–Crippen LogP) is 3.53. The van der Waals surface area contributed by atoms with Crippen molar-refractivity contribution in [2.45, 2.75) is 44.6 Å². The number of nitrogens with zero attached hydrogens (tertiary/aromatic N) is 1. The standard InChI is InChI=1S/C14H17ClN2O2/c1-2-10-3-6-14(9-16,7-4-10)17-13(18)11-5-8-19-12(11)15/h5,8,10H,2-4,6-7H2,1H3,(H,17,18). The van der Waals surface area contributed by atoms with Crippen molar-refractivity contribution in [2.24, 2.45) is 5.92 Å². The quantitative estimate of drug-likeness (QED) is 0.921. The molecule has 19 heavy (non-hydrogen) atoms. The maximum Gasteiger partial charge on any atom is 0.257 e. The molecule has 0 bridgehead atoms. The summed E-state index contributed by atoms with van der Waals surface area (Å²) in [7, 11) is 0. The molecule has 0 unspecified atom stereocenters. The number of carbonyl (C=O) groups is 1. The second-order valence-corrected chi connectivity index (χ2v) is 5.45. The molecular formula is C14H17ClN2O2. The number of hydrogen-bond donors (Lipinski definition) is 1. The minimum absolute atomic E-state index is 0.0628. The first-order valence-electron chi connectivity index (χ1n) is 6.57. The van der Waals surface area contributed by atoms with Gasteiger partial charge in [-0.05, 0) is 49.3 Å². The molecule has 4 nitrogen and oxygen atoms in total. The molecule has 1 aromatic heterocycles. The number of amides is 1. The highest BCUT2D eigenvalue weighted by molar-refractivity contribution is 6.32. The number of carbonyl (C=O) groups excluding carboxylic acids is 1. The minimum atomic E-state index is -0.761. The van der Waals surface area contributed by atoms with E-state index >= 15 is 0 Å². The Morgan fingerprint density at radius 2 is 2.32 bits per heavy atom. The Labute approximate surface area is 117 Å². The SMILES string of the molecule is CCC1CCC(C#N)(NC(=O)c2ccoc2Cl)CC1. The van der Waals surface area contributed by atoms with Gasteiger partial charge in [0.15, 0.2) is 0 Å². The van der Waals surface area contributed by atoms with E-state index in [4.69, 9.17) is 16.0 Å². The van der Waals surface area contributed by atoms with Gasteiger partial charge in [0, 0.05) is 0 Å². The minimum Gasteiger partial charge on any atom is -0.452 e. The molecule has 0 spiro atoms. The highest BCUT2D eigenvalue weighted by Crippen LogP contribution is 2.33. The lowest BCUT2D eigenvalue weighted by Crippen LogP contribution is -2.49. The summed E-state index contributed by atoms with van der Waals surface area (Å²) in [5.74, 6) is 0.325. The fourth-order valence-electron chi connectivity index (χ4n) is 2.58. The molecule has 0 aromatic carbocycles. The van der Waals surface area contributed by atoms with Crippen molar-refractivity contribution in [3.63, 3.8) is 0 Å². The Kier molecular flexibility index (Phi) is 4.16. The van der Waals surface area contributed by atoms with Crippen molar-refractivity contribution >= 4 is 17.5 Å². The van der Waals surface area contributed by atoms with E-state index in [9.17, 15) is 10.1 Å². The Morgan fingerprint density at radius 3 is 2.79 bits per heavy atom. The molecule has 1 saturated carbocycles. The number of rotatable bonds is 3. The van der Waals surface area contributed by atoms with Crippen LogP contribution in [0, 0.1) is 17.2 Å². The van der Waals surface area contributed by atoms with Crippen LogP contribution in [0.1, 0.15) is 49.4 Å². The van der Waals surface area contributed by atoms with Crippen LogP contribution in [0.15, 0.2) is 16.7 Å². The molecule has 1 amide bonds. The Bertz CT molecular complexity index is 496. The number of nitriles is 1. The van der Waals surface area contributed by atoms with E-state index in [0.29, 0.717) is 18.8 Å². The van der Waals surface area contributed by atoms with E-state index in [2.05, 4.69) is 18.3 Å². The Balaban J connectivity index is 2.06. The van der Waals surface area contributed by atoms with Crippen molar-refractivity contribution in [3.05, 3.63) is 23.1 Å². The summed E-state index contributed by atoms with van der Waals surface area (Å²) in [6, 6.07) is 3.78. The van der Waals surface area contributed by atoms with Gasteiger partial charge in [-0.25, -0.2) is 0 Å². The number of furan rings is 1. The van der Waals surface area contributed by atoms with Gasteiger partial charge < -0.3 is 9.73 Å². The Hall–Kier alpha value is -1.47. The monoisotopic (exact) mass is 280 g/mol.